The fourth-order valence-electron chi connectivity index (χ4n) is 2.51. The maximum Gasteiger partial charge on any atom is 0.312 e. The van der Waals surface area contributed by atoms with E-state index in [4.69, 9.17) is 4.74 Å². The second kappa shape index (κ2) is 6.40. The third-order valence-corrected chi connectivity index (χ3v) is 5.12. The highest BCUT2D eigenvalue weighted by molar-refractivity contribution is 7.89. The van der Waals surface area contributed by atoms with E-state index in [1.165, 1.54) is 19.2 Å². The zero-order valence-corrected chi connectivity index (χ0v) is 12.6. The molecule has 0 aromatic heterocycles. The van der Waals surface area contributed by atoms with Crippen molar-refractivity contribution in [2.45, 2.75) is 30.6 Å². The minimum absolute atomic E-state index is 0.0368. The summed E-state index contributed by atoms with van der Waals surface area (Å²) in [4.78, 5) is 10.2. The fraction of sp³-hybridized carbons (Fsp3) is 0.538. The first kappa shape index (κ1) is 15.7. The molecule has 0 bridgehead atoms. The van der Waals surface area contributed by atoms with Crippen LogP contribution in [-0.2, 0) is 10.0 Å². The monoisotopic (exact) mass is 314 g/mol. The molecule has 0 saturated heterocycles. The van der Waals surface area contributed by atoms with Crippen LogP contribution in [0, 0.1) is 16.0 Å². The van der Waals surface area contributed by atoms with Crippen molar-refractivity contribution in [1.82, 2.24) is 4.72 Å². The van der Waals surface area contributed by atoms with Crippen molar-refractivity contribution < 1.29 is 18.1 Å². The molecule has 1 saturated carbocycles. The highest BCUT2D eigenvalue weighted by atomic mass is 32.2. The summed E-state index contributed by atoms with van der Waals surface area (Å²) in [5, 5.41) is 10.9. The summed E-state index contributed by atoms with van der Waals surface area (Å²) in [7, 11) is -2.44. The molecule has 1 aliphatic carbocycles. The molecule has 1 aromatic rings. The van der Waals surface area contributed by atoms with E-state index in [0.29, 0.717) is 12.5 Å². The standard InChI is InChI=1S/C13H18N2O5S/c1-20-13-7-6-11(8-12(13)15(16)17)21(18,19)14-9-10-4-2-3-5-10/h6-8,10,14H,2-5,9H2,1H3. The summed E-state index contributed by atoms with van der Waals surface area (Å²) >= 11 is 0. The van der Waals surface area contributed by atoms with Crippen LogP contribution in [0.3, 0.4) is 0 Å². The first-order valence-corrected chi connectivity index (χ1v) is 8.24. The number of nitro benzene ring substituents is 1. The van der Waals surface area contributed by atoms with Crippen molar-refractivity contribution in [2.75, 3.05) is 13.7 Å². The Hall–Kier alpha value is -1.67. The lowest BCUT2D eigenvalue weighted by atomic mass is 10.1. The number of nitrogens with zero attached hydrogens (tertiary/aromatic N) is 1. The lowest BCUT2D eigenvalue weighted by molar-refractivity contribution is -0.386. The topological polar surface area (TPSA) is 98.5 Å². The summed E-state index contributed by atoms with van der Waals surface area (Å²) < 4.78 is 31.8. The third-order valence-electron chi connectivity index (χ3n) is 3.69. The van der Waals surface area contributed by atoms with Gasteiger partial charge in [-0.3, -0.25) is 10.1 Å². The molecule has 0 unspecified atom stereocenters. The van der Waals surface area contributed by atoms with Crippen LogP contribution >= 0.6 is 0 Å². The van der Waals surface area contributed by atoms with Crippen molar-refractivity contribution in [2.24, 2.45) is 5.92 Å². The Morgan fingerprint density at radius 1 is 1.38 bits per heavy atom. The molecule has 116 valence electrons. The van der Waals surface area contributed by atoms with E-state index in [9.17, 15) is 18.5 Å². The maximum atomic E-state index is 12.2. The van der Waals surface area contributed by atoms with Gasteiger partial charge in [-0.2, -0.15) is 0 Å². The molecule has 21 heavy (non-hydrogen) atoms. The zero-order valence-electron chi connectivity index (χ0n) is 11.7. The molecule has 1 fully saturated rings. The first-order chi connectivity index (χ1) is 9.94. The highest BCUT2D eigenvalue weighted by Crippen LogP contribution is 2.29. The molecule has 7 nitrogen and oxygen atoms in total. The Balaban J connectivity index is 2.18. The van der Waals surface area contributed by atoms with Crippen molar-refractivity contribution >= 4 is 15.7 Å². The summed E-state index contributed by atoms with van der Waals surface area (Å²) in [6, 6.07) is 3.63. The van der Waals surface area contributed by atoms with Gasteiger partial charge in [0.1, 0.15) is 0 Å². The Morgan fingerprint density at radius 3 is 2.62 bits per heavy atom. The predicted octanol–water partition coefficient (Wildman–Crippen LogP) is 2.07. The van der Waals surface area contributed by atoms with E-state index in [2.05, 4.69) is 4.72 Å². The van der Waals surface area contributed by atoms with Gasteiger partial charge >= 0.3 is 5.69 Å². The highest BCUT2D eigenvalue weighted by Gasteiger charge is 2.23. The van der Waals surface area contributed by atoms with Gasteiger partial charge in [-0.15, -0.1) is 0 Å². The second-order valence-corrected chi connectivity index (χ2v) is 6.86. The number of benzene rings is 1. The van der Waals surface area contributed by atoms with Crippen LogP contribution in [0.4, 0.5) is 5.69 Å². The molecule has 1 N–H and O–H groups in total. The van der Waals surface area contributed by atoms with Crippen LogP contribution < -0.4 is 9.46 Å². The Kier molecular flexibility index (Phi) is 4.79. The van der Waals surface area contributed by atoms with Gasteiger partial charge in [-0.25, -0.2) is 13.1 Å². The Morgan fingerprint density at radius 2 is 2.05 bits per heavy atom. The molecule has 0 spiro atoms. The molecule has 0 heterocycles. The number of hydrogen-bond donors (Lipinski definition) is 1. The van der Waals surface area contributed by atoms with Crippen LogP contribution in [0.25, 0.3) is 0 Å². The van der Waals surface area contributed by atoms with Gasteiger partial charge in [0.2, 0.25) is 10.0 Å². The van der Waals surface area contributed by atoms with Gasteiger partial charge in [0.15, 0.2) is 5.75 Å². The van der Waals surface area contributed by atoms with Gasteiger partial charge in [0, 0.05) is 12.6 Å². The van der Waals surface area contributed by atoms with Crippen molar-refractivity contribution in [3.63, 3.8) is 0 Å². The SMILES string of the molecule is COc1ccc(S(=O)(=O)NCC2CCCC2)cc1[N+](=O)[O-]. The molecule has 0 atom stereocenters. The largest absolute Gasteiger partial charge is 0.490 e. The Bertz CT molecular complexity index is 623. The number of nitro groups is 1. The van der Waals surface area contributed by atoms with E-state index in [1.54, 1.807) is 0 Å². The minimum atomic E-state index is -3.74. The van der Waals surface area contributed by atoms with Crippen LogP contribution in [0.15, 0.2) is 23.1 Å². The number of hydrogen-bond acceptors (Lipinski definition) is 5. The van der Waals surface area contributed by atoms with E-state index in [-0.39, 0.29) is 16.3 Å². The first-order valence-electron chi connectivity index (χ1n) is 6.76. The lowest BCUT2D eigenvalue weighted by Gasteiger charge is -2.11. The molecular formula is C13H18N2O5S. The average Bonchev–Trinajstić information content (AvgIpc) is 2.97. The summed E-state index contributed by atoms with van der Waals surface area (Å²) in [5.41, 5.74) is -0.360. The zero-order chi connectivity index (χ0) is 15.5. The van der Waals surface area contributed by atoms with Crippen molar-refractivity contribution in [3.05, 3.63) is 28.3 Å². The number of sulfonamides is 1. The average molecular weight is 314 g/mol. The van der Waals surface area contributed by atoms with Crippen LogP contribution in [-0.4, -0.2) is 27.0 Å². The minimum Gasteiger partial charge on any atom is -0.490 e. The van der Waals surface area contributed by atoms with Crippen molar-refractivity contribution in [3.8, 4) is 5.75 Å². The van der Waals surface area contributed by atoms with E-state index in [0.717, 1.165) is 31.7 Å². The van der Waals surface area contributed by atoms with Gasteiger partial charge in [0.05, 0.1) is 16.9 Å². The van der Waals surface area contributed by atoms with Gasteiger partial charge in [0.25, 0.3) is 0 Å². The number of rotatable bonds is 6. The summed E-state index contributed by atoms with van der Waals surface area (Å²) in [6.45, 7) is 0.377. The molecule has 1 aliphatic rings. The summed E-state index contributed by atoms with van der Waals surface area (Å²) in [6.07, 6.45) is 4.29. The van der Waals surface area contributed by atoms with Crippen molar-refractivity contribution in [1.29, 1.82) is 0 Å². The Labute approximate surface area is 123 Å². The fourth-order valence-corrected chi connectivity index (χ4v) is 3.64. The normalized spacial score (nSPS) is 16.0. The lowest BCUT2D eigenvalue weighted by Crippen LogP contribution is -2.28. The third kappa shape index (κ3) is 3.70. The molecule has 2 rings (SSSR count). The van der Waals surface area contributed by atoms with E-state index < -0.39 is 14.9 Å². The molecule has 0 radical (unpaired) electrons. The molecular weight excluding hydrogens is 296 g/mol. The van der Waals surface area contributed by atoms with E-state index >= 15 is 0 Å². The molecule has 8 heteroatoms. The molecule has 0 aliphatic heterocycles. The van der Waals surface area contributed by atoms with Crippen LogP contribution in [0.1, 0.15) is 25.7 Å². The smallest absolute Gasteiger partial charge is 0.312 e. The maximum absolute atomic E-state index is 12.2. The van der Waals surface area contributed by atoms with Gasteiger partial charge < -0.3 is 4.74 Å². The van der Waals surface area contributed by atoms with Crippen LogP contribution in [0.2, 0.25) is 0 Å². The summed E-state index contributed by atoms with van der Waals surface area (Å²) in [5.74, 6) is 0.391. The molecule has 1 aromatic carbocycles. The number of nitrogens with one attached hydrogen (secondary N) is 1. The van der Waals surface area contributed by atoms with E-state index in [1.807, 2.05) is 0 Å². The quantitative estimate of drug-likeness (QED) is 0.640. The molecule has 0 amide bonds. The predicted molar refractivity (Wildman–Crippen MR) is 76.8 cm³/mol. The van der Waals surface area contributed by atoms with Gasteiger partial charge in [-0.1, -0.05) is 12.8 Å². The second-order valence-electron chi connectivity index (χ2n) is 5.09. The van der Waals surface area contributed by atoms with Gasteiger partial charge in [-0.05, 0) is 30.9 Å². The number of ether oxygens (including phenoxy) is 1. The van der Waals surface area contributed by atoms with Crippen LogP contribution in [0.5, 0.6) is 5.75 Å². The number of methoxy groups -OCH3 is 1.